The van der Waals surface area contributed by atoms with Gasteiger partial charge in [-0.05, 0) is 47.9 Å². The first-order valence-corrected chi connectivity index (χ1v) is 9.43. The first-order chi connectivity index (χ1) is 14.8. The van der Waals surface area contributed by atoms with Gasteiger partial charge in [0.15, 0.2) is 17.3 Å². The molecule has 0 unspecified atom stereocenters. The fraction of sp³-hybridized carbons (Fsp3) is 0.304. The number of hydrogen-bond acceptors (Lipinski definition) is 7. The minimum atomic E-state index is -1.33. The number of methoxy groups -OCH3 is 4. The zero-order valence-electron chi connectivity index (χ0n) is 17.9. The highest BCUT2D eigenvalue weighted by Crippen LogP contribution is 2.49. The van der Waals surface area contributed by atoms with E-state index in [1.54, 1.807) is 31.2 Å². The number of benzene rings is 2. The van der Waals surface area contributed by atoms with Crippen LogP contribution in [0.1, 0.15) is 33.0 Å². The quantitative estimate of drug-likeness (QED) is 0.531. The molecule has 0 spiro atoms. The molecule has 0 saturated carbocycles. The van der Waals surface area contributed by atoms with Crippen molar-refractivity contribution in [1.29, 1.82) is 0 Å². The van der Waals surface area contributed by atoms with Crippen LogP contribution >= 0.6 is 0 Å². The van der Waals surface area contributed by atoms with Gasteiger partial charge in [-0.1, -0.05) is 0 Å². The zero-order valence-corrected chi connectivity index (χ0v) is 17.9. The summed E-state index contributed by atoms with van der Waals surface area (Å²) in [5.74, 6) is -2.40. The molecule has 2 atom stereocenters. The number of aliphatic hydroxyl groups excluding tert-OH is 1. The van der Waals surface area contributed by atoms with Crippen LogP contribution in [0.5, 0.6) is 23.0 Å². The summed E-state index contributed by atoms with van der Waals surface area (Å²) < 4.78 is 21.6. The van der Waals surface area contributed by atoms with Gasteiger partial charge in [-0.25, -0.2) is 0 Å². The van der Waals surface area contributed by atoms with Crippen molar-refractivity contribution in [3.63, 3.8) is 0 Å². The second kappa shape index (κ2) is 8.59. The molecule has 2 N–H and O–H groups in total. The first kappa shape index (κ1) is 22.0. The van der Waals surface area contributed by atoms with Gasteiger partial charge in [-0.15, -0.1) is 0 Å². The highest BCUT2D eigenvalue weighted by atomic mass is 16.5. The van der Waals surface area contributed by atoms with E-state index >= 15 is 0 Å². The van der Waals surface area contributed by atoms with E-state index in [0.717, 1.165) is 0 Å². The average Bonchev–Trinajstić information content (AvgIpc) is 2.77. The van der Waals surface area contributed by atoms with Gasteiger partial charge in [0.2, 0.25) is 5.75 Å². The second-order valence-electron chi connectivity index (χ2n) is 7.07. The standard InChI is InChI=1S/C23H24O8/c1-11-6-14-13(9-16(11)28-2)19(20(23(26)27)15(10-24)21(14)25)12-7-17(29-3)22(31-5)18(8-12)30-4/h6-10,19-20,24H,1-5H3,(H,26,27)/b15-10+/t19-,20-/m1/s1. The molecule has 0 bridgehead atoms. The molecule has 3 rings (SSSR count). The van der Waals surface area contributed by atoms with Gasteiger partial charge in [0.25, 0.3) is 0 Å². The summed E-state index contributed by atoms with van der Waals surface area (Å²) in [6.45, 7) is 1.78. The summed E-state index contributed by atoms with van der Waals surface area (Å²) in [7, 11) is 5.88. The molecule has 0 aliphatic heterocycles. The number of rotatable bonds is 6. The van der Waals surface area contributed by atoms with Gasteiger partial charge >= 0.3 is 5.97 Å². The molecule has 31 heavy (non-hydrogen) atoms. The lowest BCUT2D eigenvalue weighted by atomic mass is 9.68. The molecule has 0 fully saturated rings. The third-order valence-corrected chi connectivity index (χ3v) is 5.53. The Morgan fingerprint density at radius 1 is 0.935 bits per heavy atom. The molecule has 0 amide bonds. The van der Waals surface area contributed by atoms with Crippen LogP contribution in [-0.4, -0.2) is 50.4 Å². The summed E-state index contributed by atoms with van der Waals surface area (Å²) in [6.07, 6.45) is 0.578. The van der Waals surface area contributed by atoms with Crippen molar-refractivity contribution in [3.8, 4) is 23.0 Å². The van der Waals surface area contributed by atoms with Crippen molar-refractivity contribution >= 4 is 11.8 Å². The summed E-state index contributed by atoms with van der Waals surface area (Å²) in [5.41, 5.74) is 1.79. The Bertz CT molecular complexity index is 1040. The molecule has 0 heterocycles. The van der Waals surface area contributed by atoms with Crippen molar-refractivity contribution in [2.75, 3.05) is 28.4 Å². The van der Waals surface area contributed by atoms with Gasteiger partial charge in [0.1, 0.15) is 5.75 Å². The number of aliphatic hydroxyl groups is 1. The normalized spacial score (nSPS) is 19.0. The minimum absolute atomic E-state index is 0.205. The van der Waals surface area contributed by atoms with E-state index in [1.807, 2.05) is 0 Å². The molecule has 0 saturated heterocycles. The number of Topliss-reactive ketones (excluding diaryl/α,β-unsaturated/α-hetero) is 1. The number of aryl methyl sites for hydroxylation is 1. The molecule has 2 aromatic carbocycles. The summed E-state index contributed by atoms with van der Waals surface area (Å²) in [6, 6.07) is 6.59. The largest absolute Gasteiger partial charge is 0.515 e. The van der Waals surface area contributed by atoms with Crippen molar-refractivity contribution in [1.82, 2.24) is 0 Å². The van der Waals surface area contributed by atoms with Gasteiger partial charge in [-0.2, -0.15) is 0 Å². The Hall–Kier alpha value is -3.68. The number of ether oxygens (including phenoxy) is 4. The maximum Gasteiger partial charge on any atom is 0.312 e. The van der Waals surface area contributed by atoms with Gasteiger partial charge in [0, 0.05) is 17.1 Å². The number of carboxylic acids is 1. The van der Waals surface area contributed by atoms with Crippen LogP contribution in [0.25, 0.3) is 0 Å². The van der Waals surface area contributed by atoms with E-state index in [0.29, 0.717) is 51.5 Å². The molecule has 0 radical (unpaired) electrons. The lowest BCUT2D eigenvalue weighted by Crippen LogP contribution is -2.34. The number of fused-ring (bicyclic) bond motifs is 1. The lowest BCUT2D eigenvalue weighted by molar-refractivity contribution is -0.140. The van der Waals surface area contributed by atoms with E-state index in [-0.39, 0.29) is 5.57 Å². The fourth-order valence-electron chi connectivity index (χ4n) is 4.10. The zero-order chi connectivity index (χ0) is 22.9. The monoisotopic (exact) mass is 428 g/mol. The van der Waals surface area contributed by atoms with Crippen molar-refractivity contribution in [2.45, 2.75) is 12.8 Å². The van der Waals surface area contributed by atoms with E-state index < -0.39 is 23.6 Å². The summed E-state index contributed by atoms with van der Waals surface area (Å²) in [5, 5.41) is 19.8. The predicted molar refractivity (Wildman–Crippen MR) is 112 cm³/mol. The highest BCUT2D eigenvalue weighted by Gasteiger charge is 2.44. The third-order valence-electron chi connectivity index (χ3n) is 5.53. The number of hydrogen-bond donors (Lipinski definition) is 2. The Morgan fingerprint density at radius 3 is 1.97 bits per heavy atom. The Kier molecular flexibility index (Phi) is 6.10. The average molecular weight is 428 g/mol. The van der Waals surface area contributed by atoms with E-state index in [4.69, 9.17) is 18.9 Å². The van der Waals surface area contributed by atoms with Crippen LogP contribution in [0.3, 0.4) is 0 Å². The van der Waals surface area contributed by atoms with Crippen LogP contribution in [-0.2, 0) is 4.79 Å². The van der Waals surface area contributed by atoms with Gasteiger partial charge < -0.3 is 29.2 Å². The molecular formula is C23H24O8. The predicted octanol–water partition coefficient (Wildman–Crippen LogP) is 3.50. The van der Waals surface area contributed by atoms with Crippen molar-refractivity contribution in [2.24, 2.45) is 5.92 Å². The molecule has 8 heteroatoms. The molecular weight excluding hydrogens is 404 g/mol. The maximum absolute atomic E-state index is 13.0. The third kappa shape index (κ3) is 3.54. The molecule has 8 nitrogen and oxygen atoms in total. The number of aliphatic carboxylic acids is 1. The van der Waals surface area contributed by atoms with Crippen molar-refractivity contribution in [3.05, 3.63) is 58.4 Å². The Balaban J connectivity index is 2.40. The second-order valence-corrected chi connectivity index (χ2v) is 7.07. The smallest absolute Gasteiger partial charge is 0.312 e. The molecule has 164 valence electrons. The van der Waals surface area contributed by atoms with Gasteiger partial charge in [-0.3, -0.25) is 9.59 Å². The SMILES string of the molecule is COc1cc2c(cc1C)C(=O)/C(=C/O)[C@@H](C(=O)O)[C@@H]2c1cc(OC)c(OC)c(OC)c1. The Morgan fingerprint density at radius 2 is 1.52 bits per heavy atom. The van der Waals surface area contributed by atoms with Crippen LogP contribution in [0.2, 0.25) is 0 Å². The summed E-state index contributed by atoms with van der Waals surface area (Å²) >= 11 is 0. The minimum Gasteiger partial charge on any atom is -0.515 e. The van der Waals surface area contributed by atoms with E-state index in [9.17, 15) is 19.8 Å². The van der Waals surface area contributed by atoms with Gasteiger partial charge in [0.05, 0.1) is 40.6 Å². The van der Waals surface area contributed by atoms with Crippen molar-refractivity contribution < 1.29 is 38.7 Å². The lowest BCUT2D eigenvalue weighted by Gasteiger charge is -2.33. The number of carboxylic acid groups (broad SMARTS) is 1. The number of carbonyl (C=O) groups excluding carboxylic acids is 1. The molecule has 2 aromatic rings. The van der Waals surface area contributed by atoms with E-state index in [1.165, 1.54) is 28.4 Å². The van der Waals surface area contributed by atoms with Crippen LogP contribution in [0.15, 0.2) is 36.1 Å². The maximum atomic E-state index is 13.0. The highest BCUT2D eigenvalue weighted by molar-refractivity contribution is 6.14. The Labute approximate surface area is 179 Å². The molecule has 1 aliphatic carbocycles. The number of carbonyl (C=O) groups is 2. The molecule has 1 aliphatic rings. The molecule has 0 aromatic heterocycles. The van der Waals surface area contributed by atoms with Crippen LogP contribution in [0.4, 0.5) is 0 Å². The fourth-order valence-corrected chi connectivity index (χ4v) is 4.10. The topological polar surface area (TPSA) is 112 Å². The van der Waals surface area contributed by atoms with Crippen LogP contribution in [0, 0.1) is 12.8 Å². The summed E-state index contributed by atoms with van der Waals surface area (Å²) in [4.78, 5) is 25.3. The van der Waals surface area contributed by atoms with E-state index in [2.05, 4.69) is 0 Å². The first-order valence-electron chi connectivity index (χ1n) is 9.43. The number of ketones is 1. The van der Waals surface area contributed by atoms with Crippen LogP contribution < -0.4 is 18.9 Å².